The van der Waals surface area contributed by atoms with Crippen LogP contribution in [0.15, 0.2) is 48.7 Å². The Kier molecular flexibility index (Phi) is 7.07. The van der Waals surface area contributed by atoms with Crippen LogP contribution in [0.3, 0.4) is 0 Å². The zero-order chi connectivity index (χ0) is 16.3. The van der Waals surface area contributed by atoms with Gasteiger partial charge in [0.2, 0.25) is 5.91 Å². The Morgan fingerprint density at radius 3 is 2.87 bits per heavy atom. The summed E-state index contributed by atoms with van der Waals surface area (Å²) in [6, 6.07) is 13.7. The van der Waals surface area contributed by atoms with E-state index in [4.69, 9.17) is 4.74 Å². The van der Waals surface area contributed by atoms with Crippen molar-refractivity contribution in [2.75, 3.05) is 20.2 Å². The number of pyridine rings is 1. The van der Waals surface area contributed by atoms with Crippen LogP contribution in [0, 0.1) is 0 Å². The second-order valence-corrected chi connectivity index (χ2v) is 5.20. The summed E-state index contributed by atoms with van der Waals surface area (Å²) < 4.78 is 5.18. The molecule has 23 heavy (non-hydrogen) atoms. The molecule has 2 N–H and O–H groups in total. The molecule has 1 amide bonds. The molecular weight excluding hydrogens is 290 g/mol. The molecule has 0 saturated carbocycles. The van der Waals surface area contributed by atoms with Crippen LogP contribution in [0.4, 0.5) is 0 Å². The molecule has 0 aliphatic heterocycles. The zero-order valence-corrected chi connectivity index (χ0v) is 13.4. The number of carbonyl (C=O) groups excluding carboxylic acids is 1. The maximum atomic E-state index is 11.8. The van der Waals surface area contributed by atoms with E-state index in [9.17, 15) is 4.79 Å². The molecule has 2 rings (SSSR count). The Balaban J connectivity index is 1.58. The number of ether oxygens (including phenoxy) is 1. The highest BCUT2D eigenvalue weighted by molar-refractivity contribution is 5.76. The lowest BCUT2D eigenvalue weighted by molar-refractivity contribution is -0.120. The third-order valence-electron chi connectivity index (χ3n) is 3.43. The van der Waals surface area contributed by atoms with Gasteiger partial charge in [-0.05, 0) is 36.2 Å². The number of hydrogen-bond donors (Lipinski definition) is 2. The second-order valence-electron chi connectivity index (χ2n) is 5.20. The molecule has 0 aliphatic carbocycles. The summed E-state index contributed by atoms with van der Waals surface area (Å²) in [6.45, 7) is 1.95. The van der Waals surface area contributed by atoms with E-state index in [2.05, 4.69) is 15.6 Å². The molecule has 2 aromatic rings. The number of methoxy groups -OCH3 is 1. The Morgan fingerprint density at radius 2 is 2.09 bits per heavy atom. The molecule has 5 nitrogen and oxygen atoms in total. The lowest BCUT2D eigenvalue weighted by Gasteiger charge is -2.07. The molecule has 0 radical (unpaired) electrons. The summed E-state index contributed by atoms with van der Waals surface area (Å²) in [5.41, 5.74) is 2.13. The van der Waals surface area contributed by atoms with Gasteiger partial charge in [-0.15, -0.1) is 0 Å². The van der Waals surface area contributed by atoms with Gasteiger partial charge >= 0.3 is 0 Å². The summed E-state index contributed by atoms with van der Waals surface area (Å²) in [5, 5.41) is 6.15. The average Bonchev–Trinajstić information content (AvgIpc) is 2.60. The Hall–Kier alpha value is -2.40. The van der Waals surface area contributed by atoms with E-state index in [1.165, 1.54) is 0 Å². The first-order valence-electron chi connectivity index (χ1n) is 7.78. The fourth-order valence-corrected chi connectivity index (χ4v) is 2.18. The van der Waals surface area contributed by atoms with Crippen LogP contribution in [-0.2, 0) is 17.8 Å². The van der Waals surface area contributed by atoms with E-state index in [1.807, 2.05) is 42.5 Å². The summed E-state index contributed by atoms with van der Waals surface area (Å²) >= 11 is 0. The fraction of sp³-hybridized carbons (Fsp3) is 0.333. The zero-order valence-electron chi connectivity index (χ0n) is 13.4. The predicted octanol–water partition coefficient (Wildman–Crippen LogP) is 1.93. The average molecular weight is 313 g/mol. The number of rotatable bonds is 9. The van der Waals surface area contributed by atoms with E-state index in [-0.39, 0.29) is 5.91 Å². The van der Waals surface area contributed by atoms with Gasteiger partial charge in [-0.3, -0.25) is 9.78 Å². The van der Waals surface area contributed by atoms with Crippen molar-refractivity contribution >= 4 is 5.91 Å². The van der Waals surface area contributed by atoms with Crippen molar-refractivity contribution in [3.05, 3.63) is 59.9 Å². The van der Waals surface area contributed by atoms with E-state index >= 15 is 0 Å². The van der Waals surface area contributed by atoms with E-state index in [1.54, 1.807) is 13.3 Å². The number of carbonyl (C=O) groups is 1. The number of nitrogens with zero attached hydrogens (tertiary/aromatic N) is 1. The van der Waals surface area contributed by atoms with Gasteiger partial charge in [-0.1, -0.05) is 18.2 Å². The largest absolute Gasteiger partial charge is 0.497 e. The third kappa shape index (κ3) is 6.48. The SMILES string of the molecule is COc1cccc(CCNC(=O)CCNCc2ccccn2)c1. The molecule has 0 bridgehead atoms. The van der Waals surface area contributed by atoms with Crippen molar-refractivity contribution in [3.8, 4) is 5.75 Å². The number of hydrogen-bond acceptors (Lipinski definition) is 4. The number of amides is 1. The van der Waals surface area contributed by atoms with Crippen LogP contribution in [-0.4, -0.2) is 31.1 Å². The minimum absolute atomic E-state index is 0.0569. The number of aromatic nitrogens is 1. The van der Waals surface area contributed by atoms with E-state index < -0.39 is 0 Å². The van der Waals surface area contributed by atoms with Gasteiger partial charge in [-0.2, -0.15) is 0 Å². The molecular formula is C18H23N3O2. The van der Waals surface area contributed by atoms with Crippen molar-refractivity contribution in [2.45, 2.75) is 19.4 Å². The van der Waals surface area contributed by atoms with Gasteiger partial charge in [0.05, 0.1) is 12.8 Å². The lowest BCUT2D eigenvalue weighted by atomic mass is 10.1. The van der Waals surface area contributed by atoms with Gasteiger partial charge < -0.3 is 15.4 Å². The molecule has 5 heteroatoms. The first kappa shape index (κ1) is 17.0. The van der Waals surface area contributed by atoms with Gasteiger partial charge in [-0.25, -0.2) is 0 Å². The first-order chi connectivity index (χ1) is 11.3. The van der Waals surface area contributed by atoms with Crippen LogP contribution in [0.2, 0.25) is 0 Å². The van der Waals surface area contributed by atoms with Crippen molar-refractivity contribution < 1.29 is 9.53 Å². The second kappa shape index (κ2) is 9.58. The molecule has 122 valence electrons. The lowest BCUT2D eigenvalue weighted by Crippen LogP contribution is -2.29. The summed E-state index contributed by atoms with van der Waals surface area (Å²) in [7, 11) is 1.65. The third-order valence-corrected chi connectivity index (χ3v) is 3.43. The molecule has 1 aromatic heterocycles. The quantitative estimate of drug-likeness (QED) is 0.694. The predicted molar refractivity (Wildman–Crippen MR) is 90.3 cm³/mol. The highest BCUT2D eigenvalue weighted by Crippen LogP contribution is 2.12. The van der Waals surface area contributed by atoms with Crippen LogP contribution in [0.5, 0.6) is 5.75 Å². The molecule has 1 aromatic carbocycles. The maximum Gasteiger partial charge on any atom is 0.221 e. The Bertz CT molecular complexity index is 602. The molecule has 0 atom stereocenters. The van der Waals surface area contributed by atoms with Crippen LogP contribution >= 0.6 is 0 Å². The van der Waals surface area contributed by atoms with Crippen LogP contribution < -0.4 is 15.4 Å². The topological polar surface area (TPSA) is 63.2 Å². The minimum Gasteiger partial charge on any atom is -0.497 e. The highest BCUT2D eigenvalue weighted by Gasteiger charge is 2.02. The first-order valence-corrected chi connectivity index (χ1v) is 7.78. The van der Waals surface area contributed by atoms with Crippen molar-refractivity contribution in [2.24, 2.45) is 0 Å². The molecule has 0 unspecified atom stereocenters. The van der Waals surface area contributed by atoms with Gasteiger partial charge in [0.25, 0.3) is 0 Å². The smallest absolute Gasteiger partial charge is 0.221 e. The normalized spacial score (nSPS) is 10.3. The Labute approximate surface area is 137 Å². The fourth-order valence-electron chi connectivity index (χ4n) is 2.18. The highest BCUT2D eigenvalue weighted by atomic mass is 16.5. The van der Waals surface area contributed by atoms with Crippen molar-refractivity contribution in [1.29, 1.82) is 0 Å². The summed E-state index contributed by atoms with van der Waals surface area (Å²) in [6.07, 6.45) is 3.03. The molecule has 1 heterocycles. The monoisotopic (exact) mass is 313 g/mol. The van der Waals surface area contributed by atoms with Gasteiger partial charge in [0.15, 0.2) is 0 Å². The van der Waals surface area contributed by atoms with E-state index in [0.29, 0.717) is 26.1 Å². The van der Waals surface area contributed by atoms with Crippen molar-refractivity contribution in [1.82, 2.24) is 15.6 Å². The number of benzene rings is 1. The van der Waals surface area contributed by atoms with Crippen LogP contribution in [0.1, 0.15) is 17.7 Å². The van der Waals surface area contributed by atoms with Gasteiger partial charge in [0, 0.05) is 32.3 Å². The standard InChI is InChI=1S/C18H23N3O2/c1-23-17-7-4-5-15(13-17)8-12-21-18(22)9-11-19-14-16-6-2-3-10-20-16/h2-7,10,13,19H,8-9,11-12,14H2,1H3,(H,21,22). The minimum atomic E-state index is 0.0569. The molecule has 0 saturated heterocycles. The van der Waals surface area contributed by atoms with E-state index in [0.717, 1.165) is 23.4 Å². The van der Waals surface area contributed by atoms with Crippen LogP contribution in [0.25, 0.3) is 0 Å². The molecule has 0 spiro atoms. The Morgan fingerprint density at radius 1 is 1.17 bits per heavy atom. The van der Waals surface area contributed by atoms with Crippen molar-refractivity contribution in [3.63, 3.8) is 0 Å². The van der Waals surface area contributed by atoms with Gasteiger partial charge in [0.1, 0.15) is 5.75 Å². The maximum absolute atomic E-state index is 11.8. The molecule has 0 fully saturated rings. The summed E-state index contributed by atoms with van der Waals surface area (Å²) in [4.78, 5) is 16.0. The number of nitrogens with one attached hydrogen (secondary N) is 2. The summed E-state index contributed by atoms with van der Waals surface area (Å²) in [5.74, 6) is 0.897. The molecule has 0 aliphatic rings.